The molecule has 2 atom stereocenters. The van der Waals surface area contributed by atoms with Gasteiger partial charge in [0.15, 0.2) is 0 Å². The van der Waals surface area contributed by atoms with Crippen molar-refractivity contribution in [2.24, 2.45) is 16.7 Å². The second kappa shape index (κ2) is 2.44. The summed E-state index contributed by atoms with van der Waals surface area (Å²) in [5, 5.41) is 26.7. The average molecular weight is 174 g/mol. The van der Waals surface area contributed by atoms with Crippen LogP contribution in [0, 0.1) is 16.7 Å². The normalized spacial score (nSPS) is 37.8. The van der Waals surface area contributed by atoms with Crippen molar-refractivity contribution in [2.75, 3.05) is 13.2 Å². The maximum atomic E-state index is 10.8. The first-order chi connectivity index (χ1) is 5.45. The molecule has 0 aromatic heterocycles. The number of aliphatic hydroxyl groups excluding tert-OH is 2. The molecule has 1 rings (SSSR count). The highest BCUT2D eigenvalue weighted by molar-refractivity contribution is 5.81. The van der Waals surface area contributed by atoms with Crippen molar-refractivity contribution in [3.8, 4) is 0 Å². The van der Waals surface area contributed by atoms with Crippen molar-refractivity contribution in [2.45, 2.75) is 13.8 Å². The average Bonchev–Trinajstić information content (AvgIpc) is 2.47. The van der Waals surface area contributed by atoms with Gasteiger partial charge in [0.2, 0.25) is 0 Å². The summed E-state index contributed by atoms with van der Waals surface area (Å²) in [5.74, 6) is -1.35. The maximum Gasteiger partial charge on any atom is 0.312 e. The van der Waals surface area contributed by atoms with Crippen LogP contribution in [0.2, 0.25) is 0 Å². The Bertz CT molecular complexity index is 211. The van der Waals surface area contributed by atoms with Crippen molar-refractivity contribution >= 4 is 5.97 Å². The molecule has 12 heavy (non-hydrogen) atoms. The van der Waals surface area contributed by atoms with Gasteiger partial charge in [-0.25, -0.2) is 0 Å². The molecule has 1 fully saturated rings. The number of rotatable bonds is 3. The molecule has 1 aliphatic carbocycles. The van der Waals surface area contributed by atoms with Crippen LogP contribution in [0.5, 0.6) is 0 Å². The van der Waals surface area contributed by atoms with Crippen molar-refractivity contribution < 1.29 is 20.1 Å². The van der Waals surface area contributed by atoms with Gasteiger partial charge in [-0.15, -0.1) is 0 Å². The number of carbonyl (C=O) groups is 1. The molecule has 1 saturated carbocycles. The molecule has 0 saturated heterocycles. The van der Waals surface area contributed by atoms with Crippen LogP contribution in [-0.2, 0) is 4.79 Å². The van der Waals surface area contributed by atoms with Gasteiger partial charge in [-0.2, -0.15) is 0 Å². The van der Waals surface area contributed by atoms with Gasteiger partial charge in [-0.05, 0) is 5.41 Å². The van der Waals surface area contributed by atoms with Crippen LogP contribution in [-0.4, -0.2) is 34.5 Å². The smallest absolute Gasteiger partial charge is 0.312 e. The summed E-state index contributed by atoms with van der Waals surface area (Å²) in [6.07, 6.45) is 0. The van der Waals surface area contributed by atoms with Crippen LogP contribution < -0.4 is 0 Å². The molecular weight excluding hydrogens is 160 g/mol. The minimum Gasteiger partial charge on any atom is -0.481 e. The van der Waals surface area contributed by atoms with E-state index in [1.165, 1.54) is 0 Å². The van der Waals surface area contributed by atoms with Gasteiger partial charge in [-0.3, -0.25) is 4.79 Å². The highest BCUT2D eigenvalue weighted by Gasteiger charge is 2.75. The van der Waals surface area contributed by atoms with Gasteiger partial charge in [0.1, 0.15) is 5.41 Å². The molecule has 0 aromatic rings. The molecule has 1 aliphatic rings. The summed E-state index contributed by atoms with van der Waals surface area (Å²) >= 11 is 0. The number of carboxylic acid groups (broad SMARTS) is 1. The first kappa shape index (κ1) is 9.48. The zero-order valence-electron chi connectivity index (χ0n) is 7.24. The predicted octanol–water partition coefficient (Wildman–Crippen LogP) is -0.302. The second-order valence-electron chi connectivity index (χ2n) is 3.89. The molecule has 0 amide bonds. The van der Waals surface area contributed by atoms with Crippen LogP contribution in [0.3, 0.4) is 0 Å². The highest BCUT2D eigenvalue weighted by atomic mass is 16.4. The van der Waals surface area contributed by atoms with Crippen LogP contribution >= 0.6 is 0 Å². The zero-order valence-corrected chi connectivity index (χ0v) is 7.24. The molecule has 0 spiro atoms. The maximum absolute atomic E-state index is 10.8. The molecule has 0 aliphatic heterocycles. The topological polar surface area (TPSA) is 77.8 Å². The van der Waals surface area contributed by atoms with Crippen LogP contribution in [0.4, 0.5) is 0 Å². The van der Waals surface area contributed by atoms with E-state index in [2.05, 4.69) is 0 Å². The Morgan fingerprint density at radius 1 is 1.42 bits per heavy atom. The van der Waals surface area contributed by atoms with Crippen molar-refractivity contribution in [3.63, 3.8) is 0 Å². The molecule has 0 heterocycles. The molecule has 4 nitrogen and oxygen atoms in total. The molecule has 0 aromatic carbocycles. The van der Waals surface area contributed by atoms with Crippen molar-refractivity contribution in [3.05, 3.63) is 0 Å². The Labute approximate surface area is 70.8 Å². The van der Waals surface area contributed by atoms with E-state index < -0.39 is 23.4 Å². The lowest BCUT2D eigenvalue weighted by Gasteiger charge is -2.10. The number of carboxylic acids is 1. The summed E-state index contributed by atoms with van der Waals surface area (Å²) in [6.45, 7) is 2.91. The van der Waals surface area contributed by atoms with Crippen LogP contribution in [0.15, 0.2) is 0 Å². The minimum absolute atomic E-state index is 0.181. The highest BCUT2D eigenvalue weighted by Crippen LogP contribution is 2.68. The standard InChI is InChI=1S/C8H14O4/c1-7(2)5(3-9)8(7,4-10)6(11)12/h5,9-10H,3-4H2,1-2H3,(H,11,12). The Morgan fingerprint density at radius 3 is 2.00 bits per heavy atom. The van der Waals surface area contributed by atoms with Gasteiger partial charge in [-0.1, -0.05) is 13.8 Å². The van der Waals surface area contributed by atoms with Crippen LogP contribution in [0.1, 0.15) is 13.8 Å². The molecule has 4 heteroatoms. The fraction of sp³-hybridized carbons (Fsp3) is 0.875. The molecular formula is C8H14O4. The third kappa shape index (κ3) is 0.765. The molecule has 70 valence electrons. The first-order valence-corrected chi connectivity index (χ1v) is 3.90. The van der Waals surface area contributed by atoms with E-state index in [0.717, 1.165) is 0 Å². The molecule has 0 radical (unpaired) electrons. The van der Waals surface area contributed by atoms with E-state index in [4.69, 9.17) is 15.3 Å². The van der Waals surface area contributed by atoms with Crippen molar-refractivity contribution in [1.29, 1.82) is 0 Å². The molecule has 0 bridgehead atoms. The lowest BCUT2D eigenvalue weighted by Crippen LogP contribution is -2.26. The number of aliphatic carboxylic acids is 1. The predicted molar refractivity (Wildman–Crippen MR) is 41.5 cm³/mol. The zero-order chi connectivity index (χ0) is 9.57. The summed E-state index contributed by atoms with van der Waals surface area (Å²) in [7, 11) is 0. The van der Waals surface area contributed by atoms with Crippen molar-refractivity contribution in [1.82, 2.24) is 0 Å². The SMILES string of the molecule is CC1(C)C(CO)C1(CO)C(=O)O. The van der Waals surface area contributed by atoms with Gasteiger partial charge >= 0.3 is 5.97 Å². The summed E-state index contributed by atoms with van der Waals surface area (Å²) < 4.78 is 0. The molecule has 2 unspecified atom stereocenters. The Balaban J connectivity index is 2.93. The quantitative estimate of drug-likeness (QED) is 0.549. The Morgan fingerprint density at radius 2 is 1.92 bits per heavy atom. The third-order valence-corrected chi connectivity index (χ3v) is 3.35. The third-order valence-electron chi connectivity index (χ3n) is 3.35. The Hall–Kier alpha value is -0.610. The first-order valence-electron chi connectivity index (χ1n) is 3.90. The minimum atomic E-state index is -1.12. The van der Waals surface area contributed by atoms with E-state index in [1.807, 2.05) is 0 Å². The largest absolute Gasteiger partial charge is 0.481 e. The van der Waals surface area contributed by atoms with Gasteiger partial charge in [0, 0.05) is 12.5 Å². The summed E-state index contributed by atoms with van der Waals surface area (Å²) in [6, 6.07) is 0. The van der Waals surface area contributed by atoms with Crippen LogP contribution in [0.25, 0.3) is 0 Å². The fourth-order valence-corrected chi connectivity index (χ4v) is 2.16. The van der Waals surface area contributed by atoms with E-state index in [9.17, 15) is 4.79 Å². The number of aliphatic hydroxyl groups is 2. The Kier molecular flexibility index (Phi) is 1.92. The van der Waals surface area contributed by atoms with Gasteiger partial charge in [0.25, 0.3) is 0 Å². The van der Waals surface area contributed by atoms with Gasteiger partial charge < -0.3 is 15.3 Å². The number of hydrogen-bond acceptors (Lipinski definition) is 3. The lowest BCUT2D eigenvalue weighted by atomic mass is 9.97. The van der Waals surface area contributed by atoms with E-state index in [1.54, 1.807) is 13.8 Å². The second-order valence-corrected chi connectivity index (χ2v) is 3.89. The fourth-order valence-electron chi connectivity index (χ4n) is 2.16. The summed E-state index contributed by atoms with van der Waals surface area (Å²) in [5.41, 5.74) is -1.62. The van der Waals surface area contributed by atoms with E-state index in [0.29, 0.717) is 0 Å². The summed E-state index contributed by atoms with van der Waals surface area (Å²) in [4.78, 5) is 10.8. The monoisotopic (exact) mass is 174 g/mol. The lowest BCUT2D eigenvalue weighted by molar-refractivity contribution is -0.147. The van der Waals surface area contributed by atoms with Gasteiger partial charge in [0.05, 0.1) is 6.61 Å². The van der Waals surface area contributed by atoms with E-state index >= 15 is 0 Å². The molecule has 3 N–H and O–H groups in total. The van der Waals surface area contributed by atoms with E-state index in [-0.39, 0.29) is 12.5 Å². The number of hydrogen-bond donors (Lipinski definition) is 3.